The minimum atomic E-state index is -2.81. The summed E-state index contributed by atoms with van der Waals surface area (Å²) in [6.07, 6.45) is 0. The van der Waals surface area contributed by atoms with E-state index in [0.29, 0.717) is 5.69 Å². The van der Waals surface area contributed by atoms with Crippen LogP contribution in [-0.2, 0) is 18.8 Å². The number of amides is 2. The molecule has 0 fully saturated rings. The molecule has 0 aliphatic carbocycles. The number of hydrogen-bond donors (Lipinski definition) is 2. The van der Waals surface area contributed by atoms with Gasteiger partial charge in [0.15, 0.2) is 0 Å². The van der Waals surface area contributed by atoms with E-state index in [1.165, 1.54) is 27.0 Å². The van der Waals surface area contributed by atoms with Gasteiger partial charge in [-0.05, 0) is 27.5 Å². The van der Waals surface area contributed by atoms with Crippen LogP contribution in [0.3, 0.4) is 0 Å². The summed E-state index contributed by atoms with van der Waals surface area (Å²) < 4.78 is 11.8. The summed E-state index contributed by atoms with van der Waals surface area (Å²) in [4.78, 5) is 36.3. The van der Waals surface area contributed by atoms with Crippen LogP contribution in [-0.4, -0.2) is 39.8 Å². The van der Waals surface area contributed by atoms with Crippen molar-refractivity contribution >= 4 is 47.8 Å². The van der Waals surface area contributed by atoms with Crippen LogP contribution in [0, 0.1) is 11.8 Å². The second-order valence-corrected chi connectivity index (χ2v) is 14.4. The van der Waals surface area contributed by atoms with Gasteiger partial charge >= 0.3 is 5.97 Å². The molecule has 3 aromatic carbocycles. The summed E-state index contributed by atoms with van der Waals surface area (Å²) in [5.74, 6) is 4.79. The highest BCUT2D eigenvalue weighted by Gasteiger charge is 2.50. The van der Waals surface area contributed by atoms with Gasteiger partial charge in [-0.3, -0.25) is 9.59 Å². The molecule has 0 aromatic heterocycles. The molecule has 0 saturated carbocycles. The highest BCUT2D eigenvalue weighted by molar-refractivity contribution is 6.99. The third-order valence-electron chi connectivity index (χ3n) is 6.17. The van der Waals surface area contributed by atoms with E-state index < -0.39 is 14.3 Å². The molecule has 7 nitrogen and oxygen atoms in total. The Morgan fingerprint density at radius 2 is 1.38 bits per heavy atom. The van der Waals surface area contributed by atoms with Gasteiger partial charge in [0, 0.05) is 19.5 Å². The maximum atomic E-state index is 12.7. The number of carbonyl (C=O) groups excluding carboxylic acids is 3. The molecule has 0 atom stereocenters. The van der Waals surface area contributed by atoms with Gasteiger partial charge in [0.2, 0.25) is 11.8 Å². The average Bonchev–Trinajstić information content (AvgIpc) is 2.88. The van der Waals surface area contributed by atoms with Gasteiger partial charge in [-0.15, -0.1) is 0 Å². The van der Waals surface area contributed by atoms with E-state index >= 15 is 0 Å². The van der Waals surface area contributed by atoms with Crippen molar-refractivity contribution < 1.29 is 23.5 Å². The fourth-order valence-electron chi connectivity index (χ4n) is 4.64. The van der Waals surface area contributed by atoms with Crippen molar-refractivity contribution in [2.45, 2.75) is 39.7 Å². The Morgan fingerprint density at radius 3 is 1.85 bits per heavy atom. The van der Waals surface area contributed by atoms with Gasteiger partial charge in [0.25, 0.3) is 8.32 Å². The molecule has 8 heteroatoms. The lowest BCUT2D eigenvalue weighted by molar-refractivity contribution is -0.115. The van der Waals surface area contributed by atoms with Crippen LogP contribution in [0.1, 0.15) is 50.5 Å². The highest BCUT2D eigenvalue weighted by Crippen LogP contribution is 2.36. The first-order chi connectivity index (χ1) is 18.5. The predicted molar refractivity (Wildman–Crippen MR) is 157 cm³/mol. The molecular formula is C31H34N2O5Si. The van der Waals surface area contributed by atoms with E-state index in [2.05, 4.69) is 67.5 Å². The molecule has 3 aromatic rings. The monoisotopic (exact) mass is 542 g/mol. The second kappa shape index (κ2) is 12.6. The van der Waals surface area contributed by atoms with Gasteiger partial charge in [0.05, 0.1) is 30.5 Å². The number of ether oxygens (including phenoxy) is 1. The number of benzene rings is 3. The number of methoxy groups -OCH3 is 1. The Labute approximate surface area is 231 Å². The summed E-state index contributed by atoms with van der Waals surface area (Å²) in [5.41, 5.74) is 1.01. The number of rotatable bonds is 7. The van der Waals surface area contributed by atoms with Crippen LogP contribution in [0.5, 0.6) is 0 Å². The molecule has 3 rings (SSSR count). The number of carbonyl (C=O) groups is 3. The van der Waals surface area contributed by atoms with Crippen LogP contribution in [0.25, 0.3) is 0 Å². The first kappa shape index (κ1) is 29.4. The molecule has 202 valence electrons. The lowest BCUT2D eigenvalue weighted by Gasteiger charge is -2.42. The lowest BCUT2D eigenvalue weighted by Crippen LogP contribution is -2.66. The fraction of sp³-hybridized carbons (Fsp3) is 0.258. The third kappa shape index (κ3) is 6.82. The smallest absolute Gasteiger partial charge is 0.339 e. The molecule has 2 N–H and O–H groups in total. The molecule has 0 aliphatic heterocycles. The summed E-state index contributed by atoms with van der Waals surface area (Å²) in [6, 6.07) is 23.5. The Bertz CT molecular complexity index is 1360. The average molecular weight is 543 g/mol. The van der Waals surface area contributed by atoms with Crippen molar-refractivity contribution in [3.05, 3.63) is 83.9 Å². The minimum Gasteiger partial charge on any atom is -0.465 e. The maximum absolute atomic E-state index is 12.7. The highest BCUT2D eigenvalue weighted by atomic mass is 28.4. The number of nitrogens with one attached hydrogen (secondary N) is 2. The largest absolute Gasteiger partial charge is 0.465 e. The van der Waals surface area contributed by atoms with E-state index in [1.807, 2.05) is 36.4 Å². The number of hydrogen-bond acceptors (Lipinski definition) is 5. The third-order valence-corrected chi connectivity index (χ3v) is 11.1. The Morgan fingerprint density at radius 1 is 0.846 bits per heavy atom. The zero-order valence-electron chi connectivity index (χ0n) is 23.2. The van der Waals surface area contributed by atoms with Crippen molar-refractivity contribution in [2.75, 3.05) is 24.4 Å². The van der Waals surface area contributed by atoms with Crippen LogP contribution < -0.4 is 21.0 Å². The molecule has 0 bridgehead atoms. The van der Waals surface area contributed by atoms with E-state index in [1.54, 1.807) is 6.07 Å². The Balaban J connectivity index is 2.11. The van der Waals surface area contributed by atoms with Crippen LogP contribution in [0.4, 0.5) is 11.4 Å². The van der Waals surface area contributed by atoms with Crippen molar-refractivity contribution in [1.29, 1.82) is 0 Å². The summed E-state index contributed by atoms with van der Waals surface area (Å²) in [6.45, 7) is 9.33. The van der Waals surface area contributed by atoms with Crippen molar-refractivity contribution in [3.8, 4) is 11.8 Å². The molecule has 0 spiro atoms. The number of anilines is 2. The zero-order chi connectivity index (χ0) is 28.6. The molecule has 0 aliphatic rings. The van der Waals surface area contributed by atoms with Crippen LogP contribution in [0.15, 0.2) is 72.8 Å². The Kier molecular flexibility index (Phi) is 9.46. The maximum Gasteiger partial charge on any atom is 0.339 e. The first-order valence-electron chi connectivity index (χ1n) is 12.5. The van der Waals surface area contributed by atoms with Crippen molar-refractivity contribution in [1.82, 2.24) is 0 Å². The van der Waals surface area contributed by atoms with E-state index in [4.69, 9.17) is 9.16 Å². The predicted octanol–water partition coefficient (Wildman–Crippen LogP) is 4.32. The molecule has 0 saturated heterocycles. The van der Waals surface area contributed by atoms with E-state index in [-0.39, 0.29) is 40.3 Å². The molecular weight excluding hydrogens is 508 g/mol. The van der Waals surface area contributed by atoms with Crippen LogP contribution >= 0.6 is 0 Å². The molecule has 0 heterocycles. The number of esters is 1. The summed E-state index contributed by atoms with van der Waals surface area (Å²) in [5, 5.41) is 7.37. The molecule has 39 heavy (non-hydrogen) atoms. The van der Waals surface area contributed by atoms with E-state index in [0.717, 1.165) is 10.4 Å². The molecule has 0 radical (unpaired) electrons. The second-order valence-electron chi connectivity index (χ2n) is 10.1. The normalized spacial score (nSPS) is 11.1. The molecule has 0 unspecified atom stereocenters. The van der Waals surface area contributed by atoms with Gasteiger partial charge in [-0.1, -0.05) is 93.3 Å². The minimum absolute atomic E-state index is 0.0842. The zero-order valence-corrected chi connectivity index (χ0v) is 24.2. The fourth-order valence-corrected chi connectivity index (χ4v) is 9.09. The van der Waals surface area contributed by atoms with Crippen LogP contribution in [0.2, 0.25) is 5.04 Å². The van der Waals surface area contributed by atoms with Gasteiger partial charge in [-0.25, -0.2) is 4.79 Å². The summed E-state index contributed by atoms with van der Waals surface area (Å²) in [7, 11) is -1.55. The summed E-state index contributed by atoms with van der Waals surface area (Å²) >= 11 is 0. The lowest BCUT2D eigenvalue weighted by atomic mass is 10.0. The quantitative estimate of drug-likeness (QED) is 0.264. The van der Waals surface area contributed by atoms with Gasteiger partial charge < -0.3 is 19.8 Å². The van der Waals surface area contributed by atoms with Crippen molar-refractivity contribution in [3.63, 3.8) is 0 Å². The SMILES string of the molecule is COC(=O)c1cc(NC(C)=O)cc(NC(C)=O)c1C#CCO[Si](c1ccccc1)(c1ccccc1)C(C)(C)C. The first-order valence-corrected chi connectivity index (χ1v) is 14.5. The van der Waals surface area contributed by atoms with Gasteiger partial charge in [0.1, 0.15) is 0 Å². The van der Waals surface area contributed by atoms with Gasteiger partial charge in [-0.2, -0.15) is 0 Å². The van der Waals surface area contributed by atoms with E-state index in [9.17, 15) is 14.4 Å². The van der Waals surface area contributed by atoms with Crippen molar-refractivity contribution in [2.24, 2.45) is 0 Å². The standard InChI is InChI=1S/C31H34N2O5Si/c1-22(34)32-24-20-28(30(36)37-6)27(29(21-24)33-23(2)35)18-13-19-38-39(31(3,4)5,25-14-9-7-10-15-25)26-16-11-8-12-17-26/h7-12,14-17,20-21H,19H2,1-6H3,(H,32,34)(H,33,35). The topological polar surface area (TPSA) is 93.7 Å². The Hall–Kier alpha value is -4.19. The molecule has 2 amide bonds.